The average molecular weight is 496 g/mol. The summed E-state index contributed by atoms with van der Waals surface area (Å²) in [5, 5.41) is 21.0. The fourth-order valence-corrected chi connectivity index (χ4v) is 5.44. The number of allylic oxidation sites excluding steroid dienone is 1. The molecule has 0 saturated carbocycles. The molecule has 11 nitrogen and oxygen atoms in total. The van der Waals surface area contributed by atoms with Gasteiger partial charge in [-0.3, -0.25) is 14.1 Å². The molecule has 0 aliphatic carbocycles. The van der Waals surface area contributed by atoms with Crippen molar-refractivity contribution in [1.29, 1.82) is 0 Å². The Balaban J connectivity index is 1.72. The minimum atomic E-state index is -3.91. The van der Waals surface area contributed by atoms with E-state index in [0.29, 0.717) is 12.0 Å². The molecule has 2 aliphatic heterocycles. The first kappa shape index (κ1) is 25.9. The Labute approximate surface area is 197 Å². The van der Waals surface area contributed by atoms with Crippen molar-refractivity contribution < 1.29 is 42.9 Å². The number of amides is 1. The normalized spacial score (nSPS) is 26.9. The lowest BCUT2D eigenvalue weighted by Gasteiger charge is -2.28. The van der Waals surface area contributed by atoms with Gasteiger partial charge in [0.25, 0.3) is 0 Å². The zero-order valence-corrected chi connectivity index (χ0v) is 19.7. The molecule has 0 aromatic heterocycles. The smallest absolute Gasteiger partial charge is 0.380 e. The molecule has 1 saturated heterocycles. The van der Waals surface area contributed by atoms with Gasteiger partial charge in [-0.15, -0.1) is 0 Å². The lowest BCUT2D eigenvalue weighted by molar-refractivity contribution is -0.144. The summed E-state index contributed by atoms with van der Waals surface area (Å²) in [6, 6.07) is 8.31. The third kappa shape index (κ3) is 6.25. The number of methoxy groups -OCH3 is 1. The monoisotopic (exact) mass is 496 g/mol. The second-order valence-corrected chi connectivity index (χ2v) is 10.0. The molecular formula is C22H29N2O9P. The number of nitrogens with zero attached hydrogens (tertiary/aromatic N) is 1. The number of hydrogen-bond acceptors (Lipinski definition) is 10. The SMILES string of the molecule is COC(=O)[C@H](C)CP(=O)(OC[C@H]1O[C@@H](N2C=CCC(C(N)=O)=C2)[C@H](O)[C@@H]1O)Oc1ccccc1. The van der Waals surface area contributed by atoms with E-state index in [2.05, 4.69) is 0 Å². The van der Waals surface area contributed by atoms with Gasteiger partial charge in [0.15, 0.2) is 6.23 Å². The Morgan fingerprint density at radius 1 is 1.26 bits per heavy atom. The van der Waals surface area contributed by atoms with E-state index in [9.17, 15) is 24.4 Å². The summed E-state index contributed by atoms with van der Waals surface area (Å²) in [5.74, 6) is -1.71. The van der Waals surface area contributed by atoms with Crippen molar-refractivity contribution >= 4 is 19.5 Å². The molecule has 0 radical (unpaired) electrons. The second kappa shape index (κ2) is 11.2. The van der Waals surface area contributed by atoms with E-state index >= 15 is 0 Å². The van der Waals surface area contributed by atoms with Crippen molar-refractivity contribution in [3.05, 3.63) is 54.4 Å². The average Bonchev–Trinajstić information content (AvgIpc) is 3.11. The van der Waals surface area contributed by atoms with Crippen molar-refractivity contribution in [3.63, 3.8) is 0 Å². The van der Waals surface area contributed by atoms with Gasteiger partial charge in [-0.2, -0.15) is 0 Å². The number of primary amides is 1. The van der Waals surface area contributed by atoms with Gasteiger partial charge >= 0.3 is 13.6 Å². The summed E-state index contributed by atoms with van der Waals surface area (Å²) in [5.41, 5.74) is 5.64. The van der Waals surface area contributed by atoms with Crippen LogP contribution in [0.4, 0.5) is 0 Å². The lowest BCUT2D eigenvalue weighted by atomic mass is 10.1. The van der Waals surface area contributed by atoms with Gasteiger partial charge in [-0.1, -0.05) is 31.2 Å². The fourth-order valence-electron chi connectivity index (χ4n) is 3.57. The van der Waals surface area contributed by atoms with Crippen LogP contribution in [-0.4, -0.2) is 71.4 Å². The van der Waals surface area contributed by atoms with E-state index in [-0.39, 0.29) is 11.9 Å². The van der Waals surface area contributed by atoms with Crippen LogP contribution in [0.25, 0.3) is 0 Å². The topological polar surface area (TPSA) is 158 Å². The van der Waals surface area contributed by atoms with Gasteiger partial charge in [0, 0.05) is 18.0 Å². The molecule has 1 amide bonds. The highest BCUT2D eigenvalue weighted by Crippen LogP contribution is 2.50. The fraction of sp³-hybridized carbons (Fsp3) is 0.455. The van der Waals surface area contributed by atoms with E-state index in [1.165, 1.54) is 25.1 Å². The first-order valence-corrected chi connectivity index (χ1v) is 12.4. The molecule has 1 aromatic carbocycles. The second-order valence-electron chi connectivity index (χ2n) is 8.02. The molecule has 1 fully saturated rings. The molecule has 1 aromatic rings. The largest absolute Gasteiger partial charge is 0.469 e. The quantitative estimate of drug-likeness (QED) is 0.317. The van der Waals surface area contributed by atoms with Crippen molar-refractivity contribution in [1.82, 2.24) is 4.90 Å². The first-order valence-electron chi connectivity index (χ1n) is 10.7. The minimum absolute atomic E-state index is 0.274. The van der Waals surface area contributed by atoms with Crippen LogP contribution in [0.15, 0.2) is 54.4 Å². The molecule has 2 aliphatic rings. The minimum Gasteiger partial charge on any atom is -0.469 e. The van der Waals surface area contributed by atoms with Crippen molar-refractivity contribution in [2.45, 2.75) is 37.9 Å². The number of para-hydroxylation sites is 1. The highest BCUT2D eigenvalue weighted by Gasteiger charge is 2.46. The number of rotatable bonds is 10. The first-order chi connectivity index (χ1) is 16.1. The summed E-state index contributed by atoms with van der Waals surface area (Å²) in [6.45, 7) is 1.14. The predicted molar refractivity (Wildman–Crippen MR) is 120 cm³/mol. The van der Waals surface area contributed by atoms with Crippen molar-refractivity contribution in [3.8, 4) is 5.75 Å². The van der Waals surface area contributed by atoms with Crippen LogP contribution in [-0.2, 0) is 28.2 Å². The summed E-state index contributed by atoms with van der Waals surface area (Å²) >= 11 is 0. The standard InChI is InChI=1S/C22H29N2O9P/c1-14(22(28)30-2)13-34(29,33-16-8-4-3-5-9-16)31-12-17-18(25)19(26)21(32-17)24-10-6-7-15(11-24)20(23)27/h3-6,8-11,14,17-19,21,25-26H,7,12-13H2,1-2H3,(H2,23,27)/t14-,17-,18-,19-,21-,34?/m1/s1. The molecule has 34 heavy (non-hydrogen) atoms. The molecule has 6 atom stereocenters. The third-order valence-electron chi connectivity index (χ3n) is 5.39. The predicted octanol–water partition coefficient (Wildman–Crippen LogP) is 1.12. The number of carbonyl (C=O) groups excluding carboxylic acids is 2. The molecular weight excluding hydrogens is 467 g/mol. The van der Waals surface area contributed by atoms with Crippen LogP contribution in [0.5, 0.6) is 5.75 Å². The molecule has 1 unspecified atom stereocenters. The number of hydrogen-bond donors (Lipinski definition) is 3. The third-order valence-corrected chi connectivity index (χ3v) is 7.42. The Morgan fingerprint density at radius 3 is 2.62 bits per heavy atom. The number of aliphatic hydroxyl groups is 2. The summed E-state index contributed by atoms with van der Waals surface area (Å²) in [4.78, 5) is 24.8. The lowest BCUT2D eigenvalue weighted by Crippen LogP contribution is -2.40. The number of ether oxygens (including phenoxy) is 2. The van der Waals surface area contributed by atoms with E-state index in [1.807, 2.05) is 0 Å². The van der Waals surface area contributed by atoms with Gasteiger partial charge < -0.3 is 34.8 Å². The van der Waals surface area contributed by atoms with Gasteiger partial charge in [0.1, 0.15) is 24.1 Å². The van der Waals surface area contributed by atoms with Gasteiger partial charge in [-0.25, -0.2) is 4.57 Å². The van der Waals surface area contributed by atoms with Crippen LogP contribution in [0.2, 0.25) is 0 Å². The molecule has 4 N–H and O–H groups in total. The van der Waals surface area contributed by atoms with E-state index < -0.39 is 56.5 Å². The van der Waals surface area contributed by atoms with Gasteiger partial charge in [0.2, 0.25) is 5.91 Å². The van der Waals surface area contributed by atoms with Gasteiger partial charge in [-0.05, 0) is 18.6 Å². The molecule has 3 rings (SSSR count). The Morgan fingerprint density at radius 2 is 1.97 bits per heavy atom. The maximum absolute atomic E-state index is 13.5. The van der Waals surface area contributed by atoms with Crippen LogP contribution in [0, 0.1) is 5.92 Å². The van der Waals surface area contributed by atoms with Crippen LogP contribution in [0.3, 0.4) is 0 Å². The van der Waals surface area contributed by atoms with E-state index in [4.69, 9.17) is 24.3 Å². The number of benzene rings is 1. The Bertz CT molecular complexity index is 984. The number of aliphatic hydroxyl groups excluding tert-OH is 2. The number of carbonyl (C=O) groups is 2. The maximum Gasteiger partial charge on any atom is 0.380 e. The van der Waals surface area contributed by atoms with Crippen LogP contribution in [0.1, 0.15) is 13.3 Å². The highest BCUT2D eigenvalue weighted by atomic mass is 31.2. The zero-order valence-electron chi connectivity index (χ0n) is 18.9. The summed E-state index contributed by atoms with van der Waals surface area (Å²) in [6.07, 6.45) is -0.0715. The van der Waals surface area contributed by atoms with Crippen LogP contribution < -0.4 is 10.3 Å². The van der Waals surface area contributed by atoms with Crippen molar-refractivity contribution in [2.24, 2.45) is 11.7 Å². The molecule has 0 bridgehead atoms. The molecule has 0 spiro atoms. The maximum atomic E-state index is 13.5. The van der Waals surface area contributed by atoms with Gasteiger partial charge in [0.05, 0.1) is 25.8 Å². The molecule has 2 heterocycles. The molecule has 12 heteroatoms. The molecule has 186 valence electrons. The summed E-state index contributed by atoms with van der Waals surface area (Å²) in [7, 11) is -2.69. The van der Waals surface area contributed by atoms with E-state index in [0.717, 1.165) is 0 Å². The Kier molecular flexibility index (Phi) is 8.51. The number of esters is 1. The summed E-state index contributed by atoms with van der Waals surface area (Å²) < 4.78 is 35.2. The highest BCUT2D eigenvalue weighted by molar-refractivity contribution is 7.54. The van der Waals surface area contributed by atoms with Crippen molar-refractivity contribution in [2.75, 3.05) is 19.9 Å². The van der Waals surface area contributed by atoms with E-state index in [1.54, 1.807) is 42.6 Å². The van der Waals surface area contributed by atoms with Crippen LogP contribution >= 0.6 is 7.60 Å². The number of nitrogens with two attached hydrogens (primary N) is 1. The Hall–Kier alpha value is -2.69. The zero-order chi connectivity index (χ0) is 24.9.